The molecule has 0 aliphatic carbocycles. The molecule has 2 rings (SSSR count). The SMILES string of the molecule is CC(C)(O)C1=NCc2cc(Br)ccc21. The Bertz CT molecular complexity index is 404. The number of halogens is 1. The molecule has 0 atom stereocenters. The van der Waals surface area contributed by atoms with Gasteiger partial charge in [0.2, 0.25) is 0 Å². The molecule has 0 bridgehead atoms. The molecule has 2 nitrogen and oxygen atoms in total. The highest BCUT2D eigenvalue weighted by atomic mass is 79.9. The number of nitrogens with zero attached hydrogens (tertiary/aromatic N) is 1. The monoisotopic (exact) mass is 253 g/mol. The van der Waals surface area contributed by atoms with Gasteiger partial charge in [-0.15, -0.1) is 0 Å². The summed E-state index contributed by atoms with van der Waals surface area (Å²) < 4.78 is 1.06. The summed E-state index contributed by atoms with van der Waals surface area (Å²) in [5, 5.41) is 9.89. The van der Waals surface area contributed by atoms with Crippen LogP contribution < -0.4 is 0 Å². The molecule has 0 saturated carbocycles. The molecular formula is C11H12BrNO. The predicted octanol–water partition coefficient (Wildman–Crippen LogP) is 2.52. The van der Waals surface area contributed by atoms with Crippen molar-refractivity contribution in [2.24, 2.45) is 4.99 Å². The Morgan fingerprint density at radius 1 is 1.43 bits per heavy atom. The van der Waals surface area contributed by atoms with E-state index in [1.807, 2.05) is 12.1 Å². The van der Waals surface area contributed by atoms with Crippen molar-refractivity contribution in [3.8, 4) is 0 Å². The number of benzene rings is 1. The molecule has 1 aliphatic rings. The summed E-state index contributed by atoms with van der Waals surface area (Å²) in [6.07, 6.45) is 0. The molecule has 0 unspecified atom stereocenters. The van der Waals surface area contributed by atoms with Gasteiger partial charge in [-0.2, -0.15) is 0 Å². The molecule has 1 heterocycles. The van der Waals surface area contributed by atoms with E-state index in [1.165, 1.54) is 5.56 Å². The smallest absolute Gasteiger partial charge is 0.101 e. The lowest BCUT2D eigenvalue weighted by molar-refractivity contribution is 0.154. The summed E-state index contributed by atoms with van der Waals surface area (Å²) in [4.78, 5) is 4.36. The predicted molar refractivity (Wildman–Crippen MR) is 60.7 cm³/mol. The van der Waals surface area contributed by atoms with E-state index in [4.69, 9.17) is 0 Å². The van der Waals surface area contributed by atoms with E-state index in [0.29, 0.717) is 6.54 Å². The van der Waals surface area contributed by atoms with Gasteiger partial charge in [-0.1, -0.05) is 22.0 Å². The number of aliphatic imine (C=N–C) groups is 1. The second kappa shape index (κ2) is 3.17. The largest absolute Gasteiger partial charge is 0.384 e. The lowest BCUT2D eigenvalue weighted by atomic mass is 9.95. The average Bonchev–Trinajstić information content (AvgIpc) is 2.45. The van der Waals surface area contributed by atoms with E-state index < -0.39 is 5.60 Å². The van der Waals surface area contributed by atoms with Gasteiger partial charge < -0.3 is 5.11 Å². The number of hydrogen-bond acceptors (Lipinski definition) is 2. The van der Waals surface area contributed by atoms with Crippen LogP contribution in [0.3, 0.4) is 0 Å². The molecule has 1 aromatic rings. The van der Waals surface area contributed by atoms with Crippen LogP contribution in [0.1, 0.15) is 25.0 Å². The number of hydrogen-bond donors (Lipinski definition) is 1. The van der Waals surface area contributed by atoms with E-state index >= 15 is 0 Å². The van der Waals surface area contributed by atoms with Crippen LogP contribution in [0.25, 0.3) is 0 Å². The van der Waals surface area contributed by atoms with Crippen molar-refractivity contribution in [1.29, 1.82) is 0 Å². The minimum atomic E-state index is -0.848. The average molecular weight is 254 g/mol. The fourth-order valence-electron chi connectivity index (χ4n) is 1.70. The van der Waals surface area contributed by atoms with Crippen LogP contribution in [0, 0.1) is 0 Å². The summed E-state index contributed by atoms with van der Waals surface area (Å²) in [6, 6.07) is 6.03. The van der Waals surface area contributed by atoms with Crippen LogP contribution in [0.4, 0.5) is 0 Å². The van der Waals surface area contributed by atoms with E-state index in [-0.39, 0.29) is 0 Å². The highest BCUT2D eigenvalue weighted by molar-refractivity contribution is 9.10. The Morgan fingerprint density at radius 2 is 2.14 bits per heavy atom. The van der Waals surface area contributed by atoms with Gasteiger partial charge in [0.15, 0.2) is 0 Å². The second-order valence-corrected chi connectivity index (χ2v) is 4.94. The first-order valence-corrected chi connectivity index (χ1v) is 5.34. The van der Waals surface area contributed by atoms with Gasteiger partial charge in [0.25, 0.3) is 0 Å². The van der Waals surface area contributed by atoms with E-state index in [0.717, 1.165) is 15.7 Å². The molecule has 0 amide bonds. The lowest BCUT2D eigenvalue weighted by Gasteiger charge is -2.18. The molecule has 0 fully saturated rings. The standard InChI is InChI=1S/C11H12BrNO/c1-11(2,14)10-9-4-3-8(12)5-7(9)6-13-10/h3-5,14H,6H2,1-2H3. The van der Waals surface area contributed by atoms with Crippen LogP contribution in [0.15, 0.2) is 27.7 Å². The lowest BCUT2D eigenvalue weighted by Crippen LogP contribution is -2.30. The van der Waals surface area contributed by atoms with E-state index in [1.54, 1.807) is 13.8 Å². The molecular weight excluding hydrogens is 242 g/mol. The van der Waals surface area contributed by atoms with Crippen molar-refractivity contribution < 1.29 is 5.11 Å². The van der Waals surface area contributed by atoms with Crippen molar-refractivity contribution in [2.45, 2.75) is 26.0 Å². The fraction of sp³-hybridized carbons (Fsp3) is 0.364. The third-order valence-corrected chi connectivity index (χ3v) is 2.80. The first kappa shape index (κ1) is 9.87. The summed E-state index contributed by atoms with van der Waals surface area (Å²) in [7, 11) is 0. The van der Waals surface area contributed by atoms with Crippen molar-refractivity contribution in [3.05, 3.63) is 33.8 Å². The Hall–Kier alpha value is -0.670. The van der Waals surface area contributed by atoms with Crippen molar-refractivity contribution in [1.82, 2.24) is 0 Å². The zero-order valence-electron chi connectivity index (χ0n) is 8.21. The van der Waals surface area contributed by atoms with Gasteiger partial charge in [-0.05, 0) is 31.5 Å². The summed E-state index contributed by atoms with van der Waals surface area (Å²) >= 11 is 3.42. The molecule has 0 radical (unpaired) electrons. The second-order valence-electron chi connectivity index (χ2n) is 4.03. The maximum Gasteiger partial charge on any atom is 0.101 e. The molecule has 1 aromatic carbocycles. The van der Waals surface area contributed by atoms with Crippen LogP contribution in [0.2, 0.25) is 0 Å². The Kier molecular flexibility index (Phi) is 2.24. The van der Waals surface area contributed by atoms with Gasteiger partial charge in [0.05, 0.1) is 12.3 Å². The van der Waals surface area contributed by atoms with Crippen molar-refractivity contribution in [2.75, 3.05) is 0 Å². The van der Waals surface area contributed by atoms with Crippen molar-refractivity contribution >= 4 is 21.6 Å². The number of aliphatic hydroxyl groups is 1. The molecule has 0 spiro atoms. The number of fused-ring (bicyclic) bond motifs is 1. The molecule has 0 saturated heterocycles. The summed E-state index contributed by atoms with van der Waals surface area (Å²) in [5.74, 6) is 0. The first-order valence-electron chi connectivity index (χ1n) is 4.54. The Labute approximate surface area is 91.8 Å². The van der Waals surface area contributed by atoms with Crippen LogP contribution in [0.5, 0.6) is 0 Å². The van der Waals surface area contributed by atoms with Crippen molar-refractivity contribution in [3.63, 3.8) is 0 Å². The van der Waals surface area contributed by atoms with Crippen LogP contribution in [-0.4, -0.2) is 16.4 Å². The van der Waals surface area contributed by atoms with Gasteiger partial charge in [-0.3, -0.25) is 4.99 Å². The number of rotatable bonds is 1. The van der Waals surface area contributed by atoms with Gasteiger partial charge in [-0.25, -0.2) is 0 Å². The highest BCUT2D eigenvalue weighted by Crippen LogP contribution is 2.27. The summed E-state index contributed by atoms with van der Waals surface area (Å²) in [5.41, 5.74) is 2.19. The molecule has 1 N–H and O–H groups in total. The van der Waals surface area contributed by atoms with Crippen LogP contribution in [-0.2, 0) is 6.54 Å². The minimum absolute atomic E-state index is 0.675. The van der Waals surface area contributed by atoms with Gasteiger partial charge in [0, 0.05) is 10.0 Å². The minimum Gasteiger partial charge on any atom is -0.384 e. The normalized spacial score (nSPS) is 15.3. The van der Waals surface area contributed by atoms with Gasteiger partial charge >= 0.3 is 0 Å². The molecule has 3 heteroatoms. The third kappa shape index (κ3) is 1.62. The molecule has 14 heavy (non-hydrogen) atoms. The van der Waals surface area contributed by atoms with E-state index in [9.17, 15) is 5.11 Å². The van der Waals surface area contributed by atoms with Crippen LogP contribution >= 0.6 is 15.9 Å². The Morgan fingerprint density at radius 3 is 2.79 bits per heavy atom. The zero-order chi connectivity index (χ0) is 10.3. The van der Waals surface area contributed by atoms with E-state index in [2.05, 4.69) is 27.0 Å². The topological polar surface area (TPSA) is 32.6 Å². The summed E-state index contributed by atoms with van der Waals surface area (Å²) in [6.45, 7) is 4.21. The fourth-order valence-corrected chi connectivity index (χ4v) is 2.11. The maximum absolute atomic E-state index is 9.89. The maximum atomic E-state index is 9.89. The third-order valence-electron chi connectivity index (χ3n) is 2.31. The Balaban J connectivity index is 2.48. The highest BCUT2D eigenvalue weighted by Gasteiger charge is 2.28. The van der Waals surface area contributed by atoms with Gasteiger partial charge in [0.1, 0.15) is 5.60 Å². The molecule has 74 valence electrons. The first-order chi connectivity index (χ1) is 6.48. The molecule has 0 aromatic heterocycles. The molecule has 1 aliphatic heterocycles. The zero-order valence-corrected chi connectivity index (χ0v) is 9.80. The quantitative estimate of drug-likeness (QED) is 0.820.